The number of amides is 1. The maximum absolute atomic E-state index is 12.3. The van der Waals surface area contributed by atoms with E-state index in [0.29, 0.717) is 17.4 Å². The van der Waals surface area contributed by atoms with E-state index >= 15 is 0 Å². The van der Waals surface area contributed by atoms with Crippen LogP contribution in [0.1, 0.15) is 15.9 Å². The van der Waals surface area contributed by atoms with Crippen LogP contribution in [0.5, 0.6) is 0 Å². The van der Waals surface area contributed by atoms with Crippen molar-refractivity contribution < 1.29 is 14.3 Å². The maximum Gasteiger partial charge on any atom is 0.340 e. The van der Waals surface area contributed by atoms with Gasteiger partial charge in [0.25, 0.3) is 5.91 Å². The van der Waals surface area contributed by atoms with Gasteiger partial charge in [-0.1, -0.05) is 41.4 Å². The van der Waals surface area contributed by atoms with Crippen molar-refractivity contribution in [1.29, 1.82) is 0 Å². The molecule has 0 bridgehead atoms. The molecule has 150 valence electrons. The molecule has 3 aromatic rings. The summed E-state index contributed by atoms with van der Waals surface area (Å²) in [7, 11) is 0. The first kappa shape index (κ1) is 21.2. The second kappa shape index (κ2) is 9.82. The van der Waals surface area contributed by atoms with Crippen LogP contribution in [0, 0.1) is 0 Å². The van der Waals surface area contributed by atoms with Crippen LogP contribution in [0.25, 0.3) is 0 Å². The number of halogens is 2. The second-order valence-electron chi connectivity index (χ2n) is 5.94. The van der Waals surface area contributed by atoms with Gasteiger partial charge in [-0.3, -0.25) is 4.79 Å². The number of carbonyl (C=O) groups is 2. The van der Waals surface area contributed by atoms with E-state index in [1.165, 1.54) is 11.8 Å². The Hall–Kier alpha value is -2.48. The van der Waals surface area contributed by atoms with Gasteiger partial charge in [0, 0.05) is 16.0 Å². The van der Waals surface area contributed by atoms with Gasteiger partial charge in [-0.25, -0.2) is 9.48 Å². The molecule has 0 unspecified atom stereocenters. The zero-order chi connectivity index (χ0) is 20.8. The minimum atomic E-state index is -0.661. The summed E-state index contributed by atoms with van der Waals surface area (Å²) in [6.07, 6.45) is 3.45. The van der Waals surface area contributed by atoms with Crippen LogP contribution in [0.2, 0.25) is 10.0 Å². The highest BCUT2D eigenvalue weighted by atomic mass is 35.5. The predicted molar refractivity (Wildman–Crippen MR) is 115 cm³/mol. The highest BCUT2D eigenvalue weighted by molar-refractivity contribution is 7.98. The molecule has 0 atom stereocenters. The van der Waals surface area contributed by atoms with Crippen LogP contribution in [-0.2, 0) is 16.1 Å². The molecule has 0 saturated carbocycles. The van der Waals surface area contributed by atoms with Crippen LogP contribution >= 0.6 is 35.0 Å². The van der Waals surface area contributed by atoms with Crippen molar-refractivity contribution in [1.82, 2.24) is 9.78 Å². The fraction of sp³-hybridized carbons (Fsp3) is 0.150. The third kappa shape index (κ3) is 5.53. The number of thioether (sulfide) groups is 1. The van der Waals surface area contributed by atoms with Crippen molar-refractivity contribution in [2.75, 3.05) is 18.2 Å². The average Bonchev–Trinajstić information content (AvgIpc) is 3.14. The zero-order valence-electron chi connectivity index (χ0n) is 15.4. The number of nitrogens with one attached hydrogen (secondary N) is 1. The summed E-state index contributed by atoms with van der Waals surface area (Å²) in [5.74, 6) is -0.685. The number of ether oxygens (including phenoxy) is 1. The minimum absolute atomic E-state index is 0.218. The second-order valence-corrected chi connectivity index (χ2v) is 7.63. The first-order valence-electron chi connectivity index (χ1n) is 8.53. The number of aromatic nitrogens is 2. The van der Waals surface area contributed by atoms with E-state index in [1.807, 2.05) is 24.5 Å². The number of hydrogen-bond donors (Lipinski definition) is 1. The van der Waals surface area contributed by atoms with Crippen molar-refractivity contribution in [3.05, 3.63) is 75.9 Å². The van der Waals surface area contributed by atoms with Crippen molar-refractivity contribution in [2.24, 2.45) is 0 Å². The van der Waals surface area contributed by atoms with E-state index in [4.69, 9.17) is 27.9 Å². The molecule has 1 amide bonds. The molecule has 0 radical (unpaired) electrons. The number of rotatable bonds is 7. The van der Waals surface area contributed by atoms with Crippen LogP contribution in [0.3, 0.4) is 0 Å². The molecule has 0 aliphatic carbocycles. The summed E-state index contributed by atoms with van der Waals surface area (Å²) < 4.78 is 6.70. The molecule has 0 aliphatic heterocycles. The van der Waals surface area contributed by atoms with Crippen LogP contribution in [0.15, 0.2) is 59.6 Å². The van der Waals surface area contributed by atoms with Gasteiger partial charge in [-0.15, -0.1) is 11.8 Å². The quantitative estimate of drug-likeness (QED) is 0.415. The van der Waals surface area contributed by atoms with Gasteiger partial charge in [0.1, 0.15) is 5.82 Å². The summed E-state index contributed by atoms with van der Waals surface area (Å²) in [5, 5.41) is 7.75. The summed E-state index contributed by atoms with van der Waals surface area (Å²) >= 11 is 13.7. The molecular formula is C20H17Cl2N3O3S. The lowest BCUT2D eigenvalue weighted by molar-refractivity contribution is -0.119. The Morgan fingerprint density at radius 3 is 2.69 bits per heavy atom. The number of nitrogens with zero attached hydrogens (tertiary/aromatic N) is 2. The Bertz CT molecular complexity index is 1040. The fourth-order valence-electron chi connectivity index (χ4n) is 2.53. The van der Waals surface area contributed by atoms with Crippen LogP contribution in [-0.4, -0.2) is 34.5 Å². The van der Waals surface area contributed by atoms with Gasteiger partial charge in [-0.2, -0.15) is 5.10 Å². The predicted octanol–water partition coefficient (Wildman–Crippen LogP) is 4.76. The fourth-order valence-corrected chi connectivity index (χ4v) is 3.36. The number of esters is 1. The highest BCUT2D eigenvalue weighted by Gasteiger charge is 2.16. The molecule has 1 N–H and O–H groups in total. The molecular weight excluding hydrogens is 433 g/mol. The molecule has 0 aliphatic rings. The molecule has 0 saturated heterocycles. The molecule has 0 fully saturated rings. The van der Waals surface area contributed by atoms with Crippen molar-refractivity contribution in [2.45, 2.75) is 11.4 Å². The smallest absolute Gasteiger partial charge is 0.340 e. The van der Waals surface area contributed by atoms with E-state index in [1.54, 1.807) is 41.2 Å². The number of benzene rings is 2. The first-order chi connectivity index (χ1) is 14.0. The van der Waals surface area contributed by atoms with E-state index in [2.05, 4.69) is 10.4 Å². The summed E-state index contributed by atoms with van der Waals surface area (Å²) in [6.45, 7) is -0.0604. The van der Waals surface area contributed by atoms with E-state index in [0.717, 1.165) is 10.5 Å². The standard InChI is InChI=1S/C20H17Cl2N3O3S/c1-29-14-6-7-17(22)15(10-14)20(27)28-12-19(26)24-18-8-9-23-25(18)11-13-4-2-3-5-16(13)21/h2-10H,11-12H2,1H3,(H,24,26). The molecule has 0 spiro atoms. The molecule has 6 nitrogen and oxygen atoms in total. The largest absolute Gasteiger partial charge is 0.452 e. The summed E-state index contributed by atoms with van der Waals surface area (Å²) in [5.41, 5.74) is 1.08. The molecule has 3 rings (SSSR count). The van der Waals surface area contributed by atoms with Gasteiger partial charge in [0.15, 0.2) is 6.61 Å². The maximum atomic E-state index is 12.3. The SMILES string of the molecule is CSc1ccc(Cl)c(C(=O)OCC(=O)Nc2ccnn2Cc2ccccc2Cl)c1. The lowest BCUT2D eigenvalue weighted by atomic mass is 10.2. The molecule has 1 aromatic heterocycles. The lowest BCUT2D eigenvalue weighted by Gasteiger charge is -2.11. The monoisotopic (exact) mass is 449 g/mol. The Labute approximate surface area is 182 Å². The lowest BCUT2D eigenvalue weighted by Crippen LogP contribution is -2.23. The Balaban J connectivity index is 1.60. The topological polar surface area (TPSA) is 73.2 Å². The third-order valence-electron chi connectivity index (χ3n) is 3.99. The summed E-state index contributed by atoms with van der Waals surface area (Å²) in [4.78, 5) is 25.4. The Kier molecular flexibility index (Phi) is 7.19. The Morgan fingerprint density at radius 1 is 1.14 bits per heavy atom. The van der Waals surface area contributed by atoms with E-state index < -0.39 is 18.5 Å². The first-order valence-corrected chi connectivity index (χ1v) is 10.5. The highest BCUT2D eigenvalue weighted by Crippen LogP contribution is 2.23. The molecule has 1 heterocycles. The zero-order valence-corrected chi connectivity index (χ0v) is 17.7. The van der Waals surface area contributed by atoms with Gasteiger partial charge < -0.3 is 10.1 Å². The number of anilines is 1. The third-order valence-corrected chi connectivity index (χ3v) is 5.41. The average molecular weight is 450 g/mol. The van der Waals surface area contributed by atoms with Gasteiger partial charge >= 0.3 is 5.97 Å². The van der Waals surface area contributed by atoms with Gasteiger partial charge in [0.05, 0.1) is 23.3 Å². The van der Waals surface area contributed by atoms with E-state index in [9.17, 15) is 9.59 Å². The molecule has 29 heavy (non-hydrogen) atoms. The Morgan fingerprint density at radius 2 is 1.93 bits per heavy atom. The van der Waals surface area contributed by atoms with Gasteiger partial charge in [-0.05, 0) is 36.1 Å². The van der Waals surface area contributed by atoms with Crippen LogP contribution in [0.4, 0.5) is 5.82 Å². The molecule has 2 aromatic carbocycles. The van der Waals surface area contributed by atoms with Crippen LogP contribution < -0.4 is 5.32 Å². The number of carbonyl (C=O) groups excluding carboxylic acids is 2. The van der Waals surface area contributed by atoms with Gasteiger partial charge in [0.2, 0.25) is 0 Å². The normalized spacial score (nSPS) is 10.6. The summed E-state index contributed by atoms with van der Waals surface area (Å²) in [6, 6.07) is 14.1. The van der Waals surface area contributed by atoms with Crippen molar-refractivity contribution in [3.8, 4) is 0 Å². The minimum Gasteiger partial charge on any atom is -0.452 e. The number of hydrogen-bond acceptors (Lipinski definition) is 5. The van der Waals surface area contributed by atoms with E-state index in [-0.39, 0.29) is 10.6 Å². The van der Waals surface area contributed by atoms with Crippen molar-refractivity contribution >= 4 is 52.7 Å². The van der Waals surface area contributed by atoms with Crippen molar-refractivity contribution in [3.63, 3.8) is 0 Å². The molecule has 9 heteroatoms.